The van der Waals surface area contributed by atoms with Crippen molar-refractivity contribution in [2.24, 2.45) is 0 Å². The van der Waals surface area contributed by atoms with Crippen LogP contribution in [0.5, 0.6) is 0 Å². The molecule has 7 nitrogen and oxygen atoms in total. The third-order valence-electron chi connectivity index (χ3n) is 3.95. The lowest BCUT2D eigenvalue weighted by atomic mass is 9.94. The van der Waals surface area contributed by atoms with Crippen molar-refractivity contribution < 1.29 is 9.90 Å². The Hall–Kier alpha value is -1.47. The van der Waals surface area contributed by atoms with E-state index in [0.29, 0.717) is 6.42 Å². The van der Waals surface area contributed by atoms with Gasteiger partial charge in [-0.2, -0.15) is 0 Å². The summed E-state index contributed by atoms with van der Waals surface area (Å²) < 4.78 is 2.07. The first-order chi connectivity index (χ1) is 9.90. The Morgan fingerprint density at radius 1 is 1.52 bits per heavy atom. The zero-order valence-corrected chi connectivity index (χ0v) is 13.0. The first-order valence-electron chi connectivity index (χ1n) is 7.51. The van der Waals surface area contributed by atoms with E-state index in [4.69, 9.17) is 0 Å². The monoisotopic (exact) mass is 295 g/mol. The van der Waals surface area contributed by atoms with E-state index in [2.05, 4.69) is 25.0 Å². The first kappa shape index (κ1) is 15.9. The summed E-state index contributed by atoms with van der Waals surface area (Å²) in [4.78, 5) is 13.8. The third-order valence-corrected chi connectivity index (χ3v) is 3.95. The predicted octanol–water partition coefficient (Wildman–Crippen LogP) is 0.715. The molecule has 1 atom stereocenters. The lowest BCUT2D eigenvalue weighted by Gasteiger charge is -2.31. The Morgan fingerprint density at radius 2 is 2.29 bits per heavy atom. The molecule has 21 heavy (non-hydrogen) atoms. The van der Waals surface area contributed by atoms with Crippen molar-refractivity contribution >= 4 is 5.97 Å². The number of nitrogens with one attached hydrogen (secondary N) is 1. The molecule has 1 aliphatic heterocycles. The standard InChI is InChI=1S/C14H25N5O2/c1-11(2)16-14(3,13(20)21)5-4-6-18-7-8-19-10-15-17-12(19)9-18/h10-11,16H,4-9H2,1-3H3,(H,20,21). The van der Waals surface area contributed by atoms with Crippen LogP contribution in [0.4, 0.5) is 0 Å². The summed E-state index contributed by atoms with van der Waals surface area (Å²) in [6.45, 7) is 9.26. The number of carbonyl (C=O) groups is 1. The van der Waals surface area contributed by atoms with Crippen molar-refractivity contribution in [2.45, 2.75) is 58.3 Å². The molecule has 0 radical (unpaired) electrons. The molecule has 1 aromatic heterocycles. The minimum Gasteiger partial charge on any atom is -0.480 e. The number of aliphatic carboxylic acids is 1. The van der Waals surface area contributed by atoms with Gasteiger partial charge in [-0.15, -0.1) is 10.2 Å². The second-order valence-corrected chi connectivity index (χ2v) is 6.26. The smallest absolute Gasteiger partial charge is 0.323 e. The highest BCUT2D eigenvalue weighted by molar-refractivity contribution is 5.78. The molecule has 2 rings (SSSR count). The van der Waals surface area contributed by atoms with Gasteiger partial charge in [0.15, 0.2) is 0 Å². The molecule has 0 fully saturated rings. The highest BCUT2D eigenvalue weighted by Crippen LogP contribution is 2.16. The van der Waals surface area contributed by atoms with Crippen LogP contribution >= 0.6 is 0 Å². The molecule has 7 heteroatoms. The third kappa shape index (κ3) is 4.01. The van der Waals surface area contributed by atoms with E-state index >= 15 is 0 Å². The summed E-state index contributed by atoms with van der Waals surface area (Å²) in [7, 11) is 0. The van der Waals surface area contributed by atoms with E-state index < -0.39 is 11.5 Å². The summed E-state index contributed by atoms with van der Waals surface area (Å²) in [5, 5.41) is 20.6. The first-order valence-corrected chi connectivity index (χ1v) is 7.51. The lowest BCUT2D eigenvalue weighted by molar-refractivity contribution is -0.144. The van der Waals surface area contributed by atoms with Crippen molar-refractivity contribution in [3.63, 3.8) is 0 Å². The highest BCUT2D eigenvalue weighted by atomic mass is 16.4. The Kier molecular flexibility index (Phi) is 4.95. The van der Waals surface area contributed by atoms with E-state index in [9.17, 15) is 9.90 Å². The molecule has 1 aromatic rings. The maximum Gasteiger partial charge on any atom is 0.323 e. The SMILES string of the molecule is CC(C)NC(C)(CCCN1CCn2cnnc2C1)C(=O)O. The van der Waals surface area contributed by atoms with Gasteiger partial charge in [-0.3, -0.25) is 15.0 Å². The van der Waals surface area contributed by atoms with Crippen LogP contribution < -0.4 is 5.32 Å². The van der Waals surface area contributed by atoms with E-state index in [1.807, 2.05) is 13.8 Å². The van der Waals surface area contributed by atoms with Crippen molar-refractivity contribution in [2.75, 3.05) is 13.1 Å². The molecular formula is C14H25N5O2. The number of nitrogens with zero attached hydrogens (tertiary/aromatic N) is 4. The van der Waals surface area contributed by atoms with Gasteiger partial charge in [-0.05, 0) is 40.2 Å². The highest BCUT2D eigenvalue weighted by Gasteiger charge is 2.33. The number of carboxylic acid groups (broad SMARTS) is 1. The van der Waals surface area contributed by atoms with Gasteiger partial charge in [0, 0.05) is 19.1 Å². The number of hydrogen-bond donors (Lipinski definition) is 2. The van der Waals surface area contributed by atoms with Crippen LogP contribution in [0.25, 0.3) is 0 Å². The topological polar surface area (TPSA) is 83.3 Å². The van der Waals surface area contributed by atoms with Crippen LogP contribution in [0.15, 0.2) is 6.33 Å². The molecule has 1 aliphatic rings. The average molecular weight is 295 g/mol. The van der Waals surface area contributed by atoms with Crippen LogP contribution in [0.3, 0.4) is 0 Å². The van der Waals surface area contributed by atoms with E-state index in [-0.39, 0.29) is 6.04 Å². The molecule has 0 aromatic carbocycles. The molecule has 0 saturated heterocycles. The number of hydrogen-bond acceptors (Lipinski definition) is 5. The van der Waals surface area contributed by atoms with Gasteiger partial charge in [0.2, 0.25) is 0 Å². The molecule has 0 aliphatic carbocycles. The Balaban J connectivity index is 1.82. The molecule has 0 saturated carbocycles. The van der Waals surface area contributed by atoms with Gasteiger partial charge in [0.1, 0.15) is 17.7 Å². The van der Waals surface area contributed by atoms with Crippen LogP contribution in [-0.4, -0.2) is 55.4 Å². The van der Waals surface area contributed by atoms with Gasteiger partial charge in [-0.1, -0.05) is 0 Å². The van der Waals surface area contributed by atoms with E-state index in [1.54, 1.807) is 13.3 Å². The van der Waals surface area contributed by atoms with Crippen molar-refractivity contribution in [1.29, 1.82) is 0 Å². The van der Waals surface area contributed by atoms with Gasteiger partial charge in [0.25, 0.3) is 0 Å². The number of carboxylic acids is 1. The molecule has 118 valence electrons. The largest absolute Gasteiger partial charge is 0.480 e. The zero-order valence-electron chi connectivity index (χ0n) is 13.0. The Morgan fingerprint density at radius 3 is 2.95 bits per heavy atom. The minimum atomic E-state index is -0.857. The number of rotatable bonds is 7. The van der Waals surface area contributed by atoms with Crippen molar-refractivity contribution in [3.05, 3.63) is 12.2 Å². The van der Waals surface area contributed by atoms with Crippen LogP contribution in [0, 0.1) is 0 Å². The zero-order chi connectivity index (χ0) is 15.5. The Bertz CT molecular complexity index is 487. The van der Waals surface area contributed by atoms with Gasteiger partial charge < -0.3 is 9.67 Å². The van der Waals surface area contributed by atoms with Crippen LogP contribution in [0.2, 0.25) is 0 Å². The maximum absolute atomic E-state index is 11.5. The molecule has 0 spiro atoms. The second kappa shape index (κ2) is 6.53. The number of fused-ring (bicyclic) bond motifs is 1. The average Bonchev–Trinajstić information content (AvgIpc) is 2.85. The molecule has 2 N–H and O–H groups in total. The van der Waals surface area contributed by atoms with Crippen LogP contribution in [0.1, 0.15) is 39.4 Å². The summed E-state index contributed by atoms with van der Waals surface area (Å²) in [5.74, 6) is 0.206. The van der Waals surface area contributed by atoms with Gasteiger partial charge in [0.05, 0.1) is 6.54 Å². The molecule has 1 unspecified atom stereocenters. The van der Waals surface area contributed by atoms with Crippen molar-refractivity contribution in [3.8, 4) is 0 Å². The molecular weight excluding hydrogens is 270 g/mol. The molecule has 0 bridgehead atoms. The second-order valence-electron chi connectivity index (χ2n) is 6.26. The summed E-state index contributed by atoms with van der Waals surface area (Å²) in [5.41, 5.74) is -0.857. The van der Waals surface area contributed by atoms with Gasteiger partial charge >= 0.3 is 5.97 Å². The molecule has 2 heterocycles. The quantitative estimate of drug-likeness (QED) is 0.771. The summed E-state index contributed by atoms with van der Waals surface area (Å²) in [6, 6.07) is 0.152. The summed E-state index contributed by atoms with van der Waals surface area (Å²) in [6.07, 6.45) is 3.22. The van der Waals surface area contributed by atoms with Gasteiger partial charge in [-0.25, -0.2) is 0 Å². The summed E-state index contributed by atoms with van der Waals surface area (Å²) >= 11 is 0. The fourth-order valence-electron chi connectivity index (χ4n) is 2.84. The van der Waals surface area contributed by atoms with E-state index in [0.717, 1.165) is 38.4 Å². The van der Waals surface area contributed by atoms with Crippen LogP contribution in [-0.2, 0) is 17.9 Å². The Labute approximate surface area is 125 Å². The predicted molar refractivity (Wildman–Crippen MR) is 78.8 cm³/mol. The minimum absolute atomic E-state index is 0.152. The fourth-order valence-corrected chi connectivity index (χ4v) is 2.84. The fraction of sp³-hybridized carbons (Fsp3) is 0.786. The number of aromatic nitrogens is 3. The lowest BCUT2D eigenvalue weighted by Crippen LogP contribution is -2.52. The van der Waals surface area contributed by atoms with E-state index in [1.165, 1.54) is 0 Å². The maximum atomic E-state index is 11.5. The van der Waals surface area contributed by atoms with Crippen molar-refractivity contribution in [1.82, 2.24) is 25.0 Å². The normalized spacial score (nSPS) is 18.5. The molecule has 0 amide bonds.